The molecule has 2 nitrogen and oxygen atoms in total. The fourth-order valence-electron chi connectivity index (χ4n) is 2.28. The Balaban J connectivity index is 2.19. The van der Waals surface area contributed by atoms with Crippen molar-refractivity contribution >= 4 is 0 Å². The molecule has 16 heavy (non-hydrogen) atoms. The molecule has 4 heteroatoms. The lowest BCUT2D eigenvalue weighted by atomic mass is 9.78. The van der Waals surface area contributed by atoms with E-state index in [1.807, 2.05) is 11.9 Å². The first-order valence-corrected chi connectivity index (χ1v) is 6.19. The second kappa shape index (κ2) is 6.50. The third-order valence-corrected chi connectivity index (χ3v) is 3.33. The van der Waals surface area contributed by atoms with Crippen LogP contribution in [0.1, 0.15) is 26.7 Å². The van der Waals surface area contributed by atoms with Crippen LogP contribution in [-0.2, 0) is 0 Å². The molecule has 0 aromatic rings. The van der Waals surface area contributed by atoms with Crippen molar-refractivity contribution in [1.29, 1.82) is 0 Å². The van der Waals surface area contributed by atoms with Crippen molar-refractivity contribution in [2.24, 2.45) is 11.8 Å². The highest BCUT2D eigenvalue weighted by molar-refractivity contribution is 4.89. The van der Waals surface area contributed by atoms with Crippen LogP contribution in [0.3, 0.4) is 0 Å². The monoisotopic (exact) mass is 234 g/mol. The van der Waals surface area contributed by atoms with Crippen molar-refractivity contribution < 1.29 is 8.78 Å². The molecule has 0 radical (unpaired) electrons. The van der Waals surface area contributed by atoms with Crippen LogP contribution in [0.4, 0.5) is 8.78 Å². The van der Waals surface area contributed by atoms with E-state index < -0.39 is 6.43 Å². The average molecular weight is 234 g/mol. The molecule has 2 unspecified atom stereocenters. The van der Waals surface area contributed by atoms with Gasteiger partial charge in [0.1, 0.15) is 0 Å². The fraction of sp³-hybridized carbons (Fsp3) is 1.00. The molecule has 0 aliphatic heterocycles. The molecule has 1 saturated carbocycles. The van der Waals surface area contributed by atoms with Gasteiger partial charge in [-0.1, -0.05) is 13.8 Å². The van der Waals surface area contributed by atoms with E-state index in [1.165, 1.54) is 6.42 Å². The van der Waals surface area contributed by atoms with Gasteiger partial charge in [0.2, 0.25) is 0 Å². The van der Waals surface area contributed by atoms with Crippen LogP contribution in [0.5, 0.6) is 0 Å². The Labute approximate surface area is 97.4 Å². The summed E-state index contributed by atoms with van der Waals surface area (Å²) in [6.45, 7) is 6.24. The zero-order valence-corrected chi connectivity index (χ0v) is 10.5. The molecular weight excluding hydrogens is 210 g/mol. The minimum absolute atomic E-state index is 0.0919. The lowest BCUT2D eigenvalue weighted by Gasteiger charge is -2.43. The van der Waals surface area contributed by atoms with Crippen LogP contribution in [0, 0.1) is 11.8 Å². The van der Waals surface area contributed by atoms with E-state index in [9.17, 15) is 8.78 Å². The van der Waals surface area contributed by atoms with Gasteiger partial charge in [0, 0.05) is 6.04 Å². The molecular formula is C12H24F2N2. The van der Waals surface area contributed by atoms with Gasteiger partial charge in [-0.3, -0.25) is 4.90 Å². The molecule has 1 rings (SSSR count). The number of alkyl halides is 2. The molecule has 2 atom stereocenters. The second-order valence-electron chi connectivity index (χ2n) is 5.29. The quantitative estimate of drug-likeness (QED) is 0.726. The van der Waals surface area contributed by atoms with Crippen LogP contribution < -0.4 is 5.32 Å². The van der Waals surface area contributed by atoms with Crippen LogP contribution in [-0.4, -0.2) is 44.0 Å². The van der Waals surface area contributed by atoms with E-state index >= 15 is 0 Å². The molecule has 96 valence electrons. The van der Waals surface area contributed by atoms with Gasteiger partial charge in [-0.2, -0.15) is 0 Å². The zero-order valence-electron chi connectivity index (χ0n) is 10.5. The zero-order chi connectivity index (χ0) is 12.1. The van der Waals surface area contributed by atoms with Crippen molar-refractivity contribution in [3.8, 4) is 0 Å². The highest BCUT2D eigenvalue weighted by atomic mass is 19.3. The molecule has 0 aromatic carbocycles. The van der Waals surface area contributed by atoms with Gasteiger partial charge in [0.05, 0.1) is 6.54 Å². The summed E-state index contributed by atoms with van der Waals surface area (Å²) in [4.78, 5) is 1.82. The number of nitrogens with zero attached hydrogens (tertiary/aromatic N) is 1. The van der Waals surface area contributed by atoms with Crippen LogP contribution in [0.25, 0.3) is 0 Å². The predicted molar refractivity (Wildman–Crippen MR) is 62.9 cm³/mol. The van der Waals surface area contributed by atoms with Crippen molar-refractivity contribution in [3.05, 3.63) is 0 Å². The Hall–Kier alpha value is -0.220. The van der Waals surface area contributed by atoms with Crippen molar-refractivity contribution in [2.45, 2.75) is 39.2 Å². The smallest absolute Gasteiger partial charge is 0.251 e. The number of halogens is 2. The van der Waals surface area contributed by atoms with Crippen molar-refractivity contribution in [3.63, 3.8) is 0 Å². The molecule has 0 spiro atoms. The summed E-state index contributed by atoms with van der Waals surface area (Å²) in [5, 5.41) is 3.41. The molecule has 1 aliphatic carbocycles. The van der Waals surface area contributed by atoms with Crippen LogP contribution in [0.2, 0.25) is 0 Å². The SMILES string of the molecule is CC(C)CNCC1CCC1N(C)CC(F)F. The summed E-state index contributed by atoms with van der Waals surface area (Å²) >= 11 is 0. The summed E-state index contributed by atoms with van der Waals surface area (Å²) in [5.74, 6) is 1.21. The van der Waals surface area contributed by atoms with Crippen molar-refractivity contribution in [1.82, 2.24) is 10.2 Å². The first kappa shape index (κ1) is 13.8. The summed E-state index contributed by atoms with van der Waals surface area (Å²) in [7, 11) is 1.81. The van der Waals surface area contributed by atoms with E-state index in [0.29, 0.717) is 17.9 Å². The summed E-state index contributed by atoms with van der Waals surface area (Å²) in [6, 6.07) is 0.355. The normalized spacial score (nSPS) is 25.5. The minimum atomic E-state index is -2.21. The van der Waals surface area contributed by atoms with Gasteiger partial charge in [0.25, 0.3) is 6.43 Å². The first-order valence-electron chi connectivity index (χ1n) is 6.19. The van der Waals surface area contributed by atoms with E-state index in [0.717, 1.165) is 19.5 Å². The number of hydrogen-bond acceptors (Lipinski definition) is 2. The third kappa shape index (κ3) is 4.34. The van der Waals surface area contributed by atoms with E-state index in [2.05, 4.69) is 19.2 Å². The van der Waals surface area contributed by atoms with Crippen LogP contribution in [0.15, 0.2) is 0 Å². The topological polar surface area (TPSA) is 15.3 Å². The maximum absolute atomic E-state index is 12.2. The maximum atomic E-state index is 12.2. The highest BCUT2D eigenvalue weighted by Crippen LogP contribution is 2.31. The first-order chi connectivity index (χ1) is 7.50. The average Bonchev–Trinajstić information content (AvgIpc) is 2.08. The Morgan fingerprint density at radius 3 is 2.44 bits per heavy atom. The van der Waals surface area contributed by atoms with Crippen LogP contribution >= 0.6 is 0 Å². The number of nitrogens with one attached hydrogen (secondary N) is 1. The minimum Gasteiger partial charge on any atom is -0.316 e. The van der Waals surface area contributed by atoms with Gasteiger partial charge in [0.15, 0.2) is 0 Å². The van der Waals surface area contributed by atoms with E-state index in [4.69, 9.17) is 0 Å². The second-order valence-corrected chi connectivity index (χ2v) is 5.29. The van der Waals surface area contributed by atoms with Gasteiger partial charge < -0.3 is 5.32 Å². The van der Waals surface area contributed by atoms with Crippen molar-refractivity contribution in [2.75, 3.05) is 26.7 Å². The Morgan fingerprint density at radius 1 is 1.31 bits per heavy atom. The summed E-state index contributed by atoms with van der Waals surface area (Å²) < 4.78 is 24.5. The largest absolute Gasteiger partial charge is 0.316 e. The third-order valence-electron chi connectivity index (χ3n) is 3.33. The Kier molecular flexibility index (Phi) is 5.62. The molecule has 0 saturated heterocycles. The lowest BCUT2D eigenvalue weighted by Crippen LogP contribution is -2.50. The van der Waals surface area contributed by atoms with Gasteiger partial charge in [-0.15, -0.1) is 0 Å². The molecule has 0 bridgehead atoms. The Morgan fingerprint density at radius 2 is 2.00 bits per heavy atom. The maximum Gasteiger partial charge on any atom is 0.251 e. The summed E-state index contributed by atoms with van der Waals surface area (Å²) in [6.07, 6.45) is 0.0236. The van der Waals surface area contributed by atoms with Gasteiger partial charge >= 0.3 is 0 Å². The van der Waals surface area contributed by atoms with Gasteiger partial charge in [-0.25, -0.2) is 8.78 Å². The molecule has 0 heterocycles. The standard InChI is InChI=1S/C12H24F2N2/c1-9(2)6-15-7-10-4-5-11(10)16(3)8-12(13)14/h9-12,15H,4-8H2,1-3H3. The lowest BCUT2D eigenvalue weighted by molar-refractivity contribution is 0.0273. The molecule has 1 N–H and O–H groups in total. The van der Waals surface area contributed by atoms with E-state index in [1.54, 1.807) is 0 Å². The molecule has 0 aromatic heterocycles. The predicted octanol–water partition coefficient (Wildman–Crippen LogP) is 2.21. The molecule has 1 fully saturated rings. The summed E-state index contributed by atoms with van der Waals surface area (Å²) in [5.41, 5.74) is 0. The molecule has 1 aliphatic rings. The molecule has 0 amide bonds. The number of hydrogen-bond donors (Lipinski definition) is 1. The fourth-order valence-corrected chi connectivity index (χ4v) is 2.28. The Bertz CT molecular complexity index is 197. The van der Waals surface area contributed by atoms with Gasteiger partial charge in [-0.05, 0) is 44.8 Å². The highest BCUT2D eigenvalue weighted by Gasteiger charge is 2.34. The van der Waals surface area contributed by atoms with E-state index in [-0.39, 0.29) is 6.54 Å². The number of rotatable bonds is 7.